The number of rotatable bonds is 7. The maximum absolute atomic E-state index is 12.7. The molecule has 0 aliphatic rings. The zero-order chi connectivity index (χ0) is 22.7. The second-order valence-corrected chi connectivity index (χ2v) is 7.44. The van der Waals surface area contributed by atoms with Gasteiger partial charge in [-0.15, -0.1) is 4.57 Å². The summed E-state index contributed by atoms with van der Waals surface area (Å²) in [6.07, 6.45) is -0.708. The summed E-state index contributed by atoms with van der Waals surface area (Å²) in [5.74, 6) is 1.35. The summed E-state index contributed by atoms with van der Waals surface area (Å²) in [5, 5.41) is 2.85. The fourth-order valence-corrected chi connectivity index (χ4v) is 3.14. The van der Waals surface area contributed by atoms with Gasteiger partial charge in [0.15, 0.2) is 11.8 Å². The number of aromatic nitrogens is 2. The van der Waals surface area contributed by atoms with E-state index in [-0.39, 0.29) is 18.1 Å². The smallest absolute Gasteiger partial charge is 0.287 e. The Morgan fingerprint density at radius 1 is 1.12 bits per heavy atom. The second kappa shape index (κ2) is 8.97. The standard InChI is InChI=1S/C24H23N3O5/c1-15-9-10-20(26-24(29)17(3)31-19-7-5-4-6-8-19)21(11-15)30-14-18-13-23(28)27-22(25-18)12-16(2)32-27/h4-13,17H,14H2,1-3H3,(H,26,29). The van der Waals surface area contributed by atoms with Crippen molar-refractivity contribution in [2.24, 2.45) is 0 Å². The summed E-state index contributed by atoms with van der Waals surface area (Å²) >= 11 is 0. The summed E-state index contributed by atoms with van der Waals surface area (Å²) in [6.45, 7) is 5.40. The van der Waals surface area contributed by atoms with Crippen molar-refractivity contribution < 1.29 is 18.8 Å². The van der Waals surface area contributed by atoms with E-state index in [1.807, 2.05) is 37.3 Å². The van der Waals surface area contributed by atoms with Crippen LogP contribution in [-0.2, 0) is 11.4 Å². The van der Waals surface area contributed by atoms with E-state index >= 15 is 0 Å². The lowest BCUT2D eigenvalue weighted by Gasteiger charge is -2.17. The Morgan fingerprint density at radius 3 is 2.69 bits per heavy atom. The van der Waals surface area contributed by atoms with Crippen LogP contribution in [0, 0.1) is 13.8 Å². The Morgan fingerprint density at radius 2 is 1.91 bits per heavy atom. The molecule has 0 aliphatic carbocycles. The highest BCUT2D eigenvalue weighted by Crippen LogP contribution is 2.27. The molecule has 1 unspecified atom stereocenters. The van der Waals surface area contributed by atoms with Crippen molar-refractivity contribution in [2.75, 3.05) is 5.32 Å². The molecule has 4 aromatic rings. The lowest BCUT2D eigenvalue weighted by molar-refractivity contribution is -0.122. The number of fused-ring (bicyclic) bond motifs is 1. The van der Waals surface area contributed by atoms with Gasteiger partial charge in [0.2, 0.25) is 0 Å². The molecule has 164 valence electrons. The van der Waals surface area contributed by atoms with E-state index in [1.54, 1.807) is 38.1 Å². The van der Waals surface area contributed by atoms with Crippen LogP contribution < -0.4 is 20.3 Å². The topological polar surface area (TPSA) is 95.1 Å². The van der Waals surface area contributed by atoms with Crippen molar-refractivity contribution in [3.8, 4) is 11.5 Å². The van der Waals surface area contributed by atoms with Gasteiger partial charge in [-0.05, 0) is 50.6 Å². The molecule has 0 saturated carbocycles. The quantitative estimate of drug-likeness (QED) is 0.475. The van der Waals surface area contributed by atoms with Gasteiger partial charge in [0.25, 0.3) is 11.5 Å². The molecule has 0 fully saturated rings. The molecule has 8 heteroatoms. The summed E-state index contributed by atoms with van der Waals surface area (Å²) in [4.78, 5) is 29.3. The number of carbonyl (C=O) groups is 1. The van der Waals surface area contributed by atoms with E-state index in [1.165, 1.54) is 6.07 Å². The first-order valence-electron chi connectivity index (χ1n) is 10.1. The molecule has 32 heavy (non-hydrogen) atoms. The Labute approximate surface area is 184 Å². The molecule has 0 bridgehead atoms. The summed E-state index contributed by atoms with van der Waals surface area (Å²) in [7, 11) is 0. The molecule has 0 spiro atoms. The predicted octanol–water partition coefficient (Wildman–Crippen LogP) is 3.89. The Balaban J connectivity index is 1.48. The van der Waals surface area contributed by atoms with E-state index in [2.05, 4.69) is 10.3 Å². The summed E-state index contributed by atoms with van der Waals surface area (Å²) in [6, 6.07) is 17.6. The lowest BCUT2D eigenvalue weighted by Crippen LogP contribution is -2.30. The first kappa shape index (κ1) is 21.2. The monoisotopic (exact) mass is 433 g/mol. The molecule has 8 nitrogen and oxygen atoms in total. The maximum Gasteiger partial charge on any atom is 0.287 e. The SMILES string of the molecule is Cc1ccc(NC(=O)C(C)Oc2ccccc2)c(OCc2cc(=O)n3oc(C)cc3n2)c1. The number of para-hydroxylation sites is 1. The van der Waals surface area contributed by atoms with E-state index in [4.69, 9.17) is 14.0 Å². The third-order valence-electron chi connectivity index (χ3n) is 4.72. The highest BCUT2D eigenvalue weighted by molar-refractivity contribution is 5.95. The van der Waals surface area contributed by atoms with Crippen LogP contribution in [0.5, 0.6) is 11.5 Å². The van der Waals surface area contributed by atoms with E-state index in [0.29, 0.717) is 34.3 Å². The van der Waals surface area contributed by atoms with Crippen LogP contribution in [0.15, 0.2) is 70.0 Å². The van der Waals surface area contributed by atoms with E-state index in [9.17, 15) is 9.59 Å². The van der Waals surface area contributed by atoms with Crippen LogP contribution in [0.2, 0.25) is 0 Å². The molecule has 2 aromatic carbocycles. The normalized spacial score (nSPS) is 11.8. The zero-order valence-corrected chi connectivity index (χ0v) is 18.0. The predicted molar refractivity (Wildman–Crippen MR) is 119 cm³/mol. The molecule has 1 atom stereocenters. The molecular formula is C24H23N3O5. The first-order valence-corrected chi connectivity index (χ1v) is 10.1. The minimum absolute atomic E-state index is 0.0539. The molecular weight excluding hydrogens is 410 g/mol. The van der Waals surface area contributed by atoms with Crippen LogP contribution in [0.1, 0.15) is 23.9 Å². The number of anilines is 1. The van der Waals surface area contributed by atoms with E-state index in [0.717, 1.165) is 10.1 Å². The van der Waals surface area contributed by atoms with Crippen molar-refractivity contribution in [3.63, 3.8) is 0 Å². The van der Waals surface area contributed by atoms with Gasteiger partial charge in [-0.3, -0.25) is 9.59 Å². The number of carbonyl (C=O) groups excluding carboxylic acids is 1. The fourth-order valence-electron chi connectivity index (χ4n) is 3.14. The second-order valence-electron chi connectivity index (χ2n) is 7.44. The average Bonchev–Trinajstić information content (AvgIpc) is 3.15. The molecule has 0 aliphatic heterocycles. The first-order chi connectivity index (χ1) is 15.4. The van der Waals surface area contributed by atoms with Gasteiger partial charge in [0.1, 0.15) is 23.9 Å². The number of aryl methyl sites for hydroxylation is 2. The molecule has 1 N–H and O–H groups in total. The van der Waals surface area contributed by atoms with Crippen LogP contribution in [-0.4, -0.2) is 21.6 Å². The minimum atomic E-state index is -0.708. The lowest BCUT2D eigenvalue weighted by atomic mass is 10.2. The van der Waals surface area contributed by atoms with Crippen LogP contribution in [0.4, 0.5) is 5.69 Å². The highest BCUT2D eigenvalue weighted by atomic mass is 16.5. The largest absolute Gasteiger partial charge is 0.485 e. The van der Waals surface area contributed by atoms with Crippen LogP contribution in [0.3, 0.4) is 0 Å². The number of hydrogen-bond donors (Lipinski definition) is 1. The van der Waals surface area contributed by atoms with Crippen molar-refractivity contribution in [1.29, 1.82) is 0 Å². The third-order valence-corrected chi connectivity index (χ3v) is 4.72. The third kappa shape index (κ3) is 4.80. The van der Waals surface area contributed by atoms with Gasteiger partial charge in [-0.1, -0.05) is 24.3 Å². The van der Waals surface area contributed by atoms with Gasteiger partial charge < -0.3 is 19.3 Å². The summed E-state index contributed by atoms with van der Waals surface area (Å²) < 4.78 is 18.0. The minimum Gasteiger partial charge on any atom is -0.485 e. The number of benzene rings is 2. The van der Waals surface area contributed by atoms with Gasteiger partial charge in [-0.2, -0.15) is 0 Å². The van der Waals surface area contributed by atoms with Crippen molar-refractivity contribution in [2.45, 2.75) is 33.5 Å². The number of nitrogens with one attached hydrogen (secondary N) is 1. The Bertz CT molecular complexity index is 1310. The van der Waals surface area contributed by atoms with Gasteiger partial charge in [-0.25, -0.2) is 4.98 Å². The Kier molecular flexibility index (Phi) is 5.93. The number of nitrogens with zero attached hydrogens (tertiary/aromatic N) is 2. The molecule has 2 aromatic heterocycles. The van der Waals surface area contributed by atoms with Crippen LogP contribution in [0.25, 0.3) is 5.65 Å². The van der Waals surface area contributed by atoms with Gasteiger partial charge >= 0.3 is 0 Å². The zero-order valence-electron chi connectivity index (χ0n) is 18.0. The molecule has 0 radical (unpaired) electrons. The maximum atomic E-state index is 12.7. The summed E-state index contributed by atoms with van der Waals surface area (Å²) in [5.41, 5.74) is 2.00. The average molecular weight is 433 g/mol. The van der Waals surface area contributed by atoms with Crippen LogP contribution >= 0.6 is 0 Å². The molecule has 1 amide bonds. The fraction of sp³-hybridized carbons (Fsp3) is 0.208. The van der Waals surface area contributed by atoms with Gasteiger partial charge in [0.05, 0.1) is 11.4 Å². The van der Waals surface area contributed by atoms with E-state index < -0.39 is 6.10 Å². The number of amides is 1. The van der Waals surface area contributed by atoms with Gasteiger partial charge in [0, 0.05) is 12.1 Å². The molecule has 4 rings (SSSR count). The van der Waals surface area contributed by atoms with Crippen molar-refractivity contribution in [3.05, 3.63) is 88.0 Å². The number of ether oxygens (including phenoxy) is 2. The Hall–Kier alpha value is -4.07. The highest BCUT2D eigenvalue weighted by Gasteiger charge is 2.17. The molecule has 0 saturated heterocycles. The number of hydrogen-bond acceptors (Lipinski definition) is 6. The molecule has 2 heterocycles. The van der Waals surface area contributed by atoms with Crippen molar-refractivity contribution in [1.82, 2.24) is 9.56 Å². The van der Waals surface area contributed by atoms with Crippen molar-refractivity contribution >= 4 is 17.2 Å².